The zero-order valence-corrected chi connectivity index (χ0v) is 13.5. The van der Waals surface area contributed by atoms with Crippen molar-refractivity contribution in [3.63, 3.8) is 0 Å². The minimum atomic E-state index is -0.287. The van der Waals surface area contributed by atoms with Crippen LogP contribution in [0, 0.1) is 17.8 Å². The van der Waals surface area contributed by atoms with E-state index in [-0.39, 0.29) is 30.0 Å². The summed E-state index contributed by atoms with van der Waals surface area (Å²) in [6.07, 6.45) is 8.48. The van der Waals surface area contributed by atoms with E-state index >= 15 is 0 Å². The molecule has 2 atom stereocenters. The van der Waals surface area contributed by atoms with Gasteiger partial charge in [0.15, 0.2) is 5.82 Å². The molecule has 6 heteroatoms. The first-order chi connectivity index (χ1) is 10.2. The van der Waals surface area contributed by atoms with Crippen molar-refractivity contribution in [1.82, 2.24) is 15.5 Å². The summed E-state index contributed by atoms with van der Waals surface area (Å²) in [4.78, 5) is 4.77. The summed E-state index contributed by atoms with van der Waals surface area (Å²) in [5.74, 6) is 4.32. The second kappa shape index (κ2) is 5.18. The van der Waals surface area contributed by atoms with E-state index in [2.05, 4.69) is 10.5 Å². The first-order valence-electron chi connectivity index (χ1n) is 8.46. The van der Waals surface area contributed by atoms with E-state index in [1.54, 1.807) is 0 Å². The maximum Gasteiger partial charge on any atom is 0.243 e. The van der Waals surface area contributed by atoms with Crippen LogP contribution in [-0.2, 0) is 5.41 Å². The number of hydrogen-bond acceptors (Lipinski definition) is 5. The quantitative estimate of drug-likeness (QED) is 0.873. The molecule has 2 heterocycles. The van der Waals surface area contributed by atoms with Crippen molar-refractivity contribution < 1.29 is 9.63 Å². The van der Waals surface area contributed by atoms with Crippen molar-refractivity contribution in [2.75, 3.05) is 6.54 Å². The highest BCUT2D eigenvalue weighted by Crippen LogP contribution is 2.60. The molecule has 4 aliphatic carbocycles. The van der Waals surface area contributed by atoms with Gasteiger partial charge in [0.2, 0.25) is 5.89 Å². The lowest BCUT2D eigenvalue weighted by Gasteiger charge is -2.55. The lowest BCUT2D eigenvalue weighted by atomic mass is 9.49. The van der Waals surface area contributed by atoms with E-state index in [1.807, 2.05) is 0 Å². The molecule has 22 heavy (non-hydrogen) atoms. The minimum absolute atomic E-state index is 0. The van der Waals surface area contributed by atoms with Crippen LogP contribution in [-0.4, -0.2) is 27.9 Å². The molecule has 1 saturated heterocycles. The summed E-state index contributed by atoms with van der Waals surface area (Å²) < 4.78 is 5.55. The average molecular weight is 326 g/mol. The normalized spacial score (nSPS) is 46.0. The number of aliphatic hydroxyl groups excluding tert-OH is 1. The van der Waals surface area contributed by atoms with Crippen molar-refractivity contribution >= 4 is 12.4 Å². The molecule has 0 aromatic carbocycles. The lowest BCUT2D eigenvalue weighted by molar-refractivity contribution is -0.0103. The Bertz CT molecular complexity index is 526. The first-order valence-corrected chi connectivity index (χ1v) is 8.46. The van der Waals surface area contributed by atoms with Crippen molar-refractivity contribution in [3.05, 3.63) is 11.7 Å². The molecule has 6 rings (SSSR count). The second-order valence-corrected chi connectivity index (χ2v) is 8.00. The standard InChI is InChI=1S/C16H23N3O2.ClH/c20-12-4-13(17-8-12)14-18-15(19-21-14)16-5-9-1-10(6-16)3-11(2-9)7-16;/h9-13,17,20H,1-8H2;1H/t9?,10?,11?,12-,13-,16?;/m1./s1. The topological polar surface area (TPSA) is 71.2 Å². The van der Waals surface area contributed by atoms with Gasteiger partial charge in [0.05, 0.1) is 12.1 Å². The van der Waals surface area contributed by atoms with Gasteiger partial charge in [-0.2, -0.15) is 4.98 Å². The van der Waals surface area contributed by atoms with Gasteiger partial charge in [-0.05, 0) is 62.7 Å². The number of aliphatic hydroxyl groups is 1. The predicted molar refractivity (Wildman–Crippen MR) is 82.8 cm³/mol. The zero-order valence-electron chi connectivity index (χ0n) is 12.7. The van der Waals surface area contributed by atoms with Crippen molar-refractivity contribution in [2.24, 2.45) is 17.8 Å². The molecule has 0 unspecified atom stereocenters. The van der Waals surface area contributed by atoms with Crippen LogP contribution in [0.5, 0.6) is 0 Å². The second-order valence-electron chi connectivity index (χ2n) is 8.00. The van der Waals surface area contributed by atoms with Crippen molar-refractivity contribution in [3.8, 4) is 0 Å². The van der Waals surface area contributed by atoms with E-state index in [0.717, 1.165) is 23.6 Å². The highest BCUT2D eigenvalue weighted by atomic mass is 35.5. The highest BCUT2D eigenvalue weighted by Gasteiger charge is 2.54. The molecular weight excluding hydrogens is 302 g/mol. The van der Waals surface area contributed by atoms with Gasteiger partial charge >= 0.3 is 0 Å². The van der Waals surface area contributed by atoms with Gasteiger partial charge in [0.25, 0.3) is 0 Å². The number of nitrogens with zero attached hydrogens (tertiary/aromatic N) is 2. The third-order valence-corrected chi connectivity index (χ3v) is 6.36. The zero-order chi connectivity index (χ0) is 14.0. The van der Waals surface area contributed by atoms with Gasteiger partial charge in [0, 0.05) is 12.0 Å². The van der Waals surface area contributed by atoms with E-state index in [4.69, 9.17) is 9.51 Å². The Morgan fingerprint density at radius 3 is 2.23 bits per heavy atom. The van der Waals surface area contributed by atoms with Crippen LogP contribution in [0.2, 0.25) is 0 Å². The maximum absolute atomic E-state index is 9.65. The lowest BCUT2D eigenvalue weighted by Crippen LogP contribution is -2.49. The third-order valence-electron chi connectivity index (χ3n) is 6.36. The van der Waals surface area contributed by atoms with E-state index < -0.39 is 0 Å². The predicted octanol–water partition coefficient (Wildman–Crippen LogP) is 2.35. The van der Waals surface area contributed by atoms with Crippen LogP contribution in [0.4, 0.5) is 0 Å². The highest BCUT2D eigenvalue weighted by molar-refractivity contribution is 5.85. The third kappa shape index (κ3) is 2.21. The molecule has 0 amide bonds. The van der Waals surface area contributed by atoms with Gasteiger partial charge in [-0.3, -0.25) is 0 Å². The van der Waals surface area contributed by atoms with Gasteiger partial charge in [-0.25, -0.2) is 0 Å². The molecular formula is C16H24ClN3O2. The molecule has 4 saturated carbocycles. The van der Waals surface area contributed by atoms with Gasteiger partial charge in [-0.1, -0.05) is 5.16 Å². The number of nitrogens with one attached hydrogen (secondary N) is 1. The van der Waals surface area contributed by atoms with Crippen LogP contribution in [0.25, 0.3) is 0 Å². The summed E-state index contributed by atoms with van der Waals surface area (Å²) in [7, 11) is 0. The van der Waals surface area contributed by atoms with E-state index in [1.165, 1.54) is 38.5 Å². The summed E-state index contributed by atoms with van der Waals surface area (Å²) in [6.45, 7) is 0.625. The molecule has 0 spiro atoms. The average Bonchev–Trinajstić information content (AvgIpc) is 3.05. The van der Waals surface area contributed by atoms with E-state index in [0.29, 0.717) is 18.9 Å². The Balaban J connectivity index is 0.00000125. The first kappa shape index (κ1) is 14.9. The molecule has 1 aromatic rings. The van der Waals surface area contributed by atoms with Crippen LogP contribution in [0.1, 0.15) is 62.7 Å². The number of β-amino-alcohol motifs (C(OH)–C–C–N with tert-alkyl or cyclic N) is 1. The van der Waals surface area contributed by atoms with Crippen LogP contribution >= 0.6 is 12.4 Å². The van der Waals surface area contributed by atoms with Crippen molar-refractivity contribution in [2.45, 2.75) is 62.5 Å². The molecule has 5 nitrogen and oxygen atoms in total. The number of aromatic nitrogens is 2. The van der Waals surface area contributed by atoms with Crippen LogP contribution in [0.15, 0.2) is 4.52 Å². The fourth-order valence-corrected chi connectivity index (χ4v) is 5.88. The molecule has 122 valence electrons. The van der Waals surface area contributed by atoms with Gasteiger partial charge in [-0.15, -0.1) is 12.4 Å². The number of halogens is 1. The monoisotopic (exact) mass is 325 g/mol. The smallest absolute Gasteiger partial charge is 0.243 e. The summed E-state index contributed by atoms with van der Waals surface area (Å²) >= 11 is 0. The van der Waals surface area contributed by atoms with Gasteiger partial charge in [0.1, 0.15) is 0 Å². The van der Waals surface area contributed by atoms with Crippen LogP contribution in [0.3, 0.4) is 0 Å². The Morgan fingerprint density at radius 2 is 1.68 bits per heavy atom. The van der Waals surface area contributed by atoms with Crippen molar-refractivity contribution in [1.29, 1.82) is 0 Å². The summed E-state index contributed by atoms with van der Waals surface area (Å²) in [5.41, 5.74) is 0.202. The van der Waals surface area contributed by atoms with E-state index in [9.17, 15) is 5.11 Å². The molecule has 4 bridgehead atoms. The molecule has 0 radical (unpaired) electrons. The molecule has 2 N–H and O–H groups in total. The molecule has 1 aliphatic heterocycles. The Kier molecular flexibility index (Phi) is 3.51. The molecule has 5 aliphatic rings. The Morgan fingerprint density at radius 1 is 1.05 bits per heavy atom. The fraction of sp³-hybridized carbons (Fsp3) is 0.875. The van der Waals surface area contributed by atoms with Crippen LogP contribution < -0.4 is 5.32 Å². The minimum Gasteiger partial charge on any atom is -0.392 e. The number of rotatable bonds is 2. The Hall–Kier alpha value is -0.650. The maximum atomic E-state index is 9.65. The summed E-state index contributed by atoms with van der Waals surface area (Å²) in [6, 6.07) is 0.0372. The fourth-order valence-electron chi connectivity index (χ4n) is 5.88. The largest absolute Gasteiger partial charge is 0.392 e. The molecule has 1 aromatic heterocycles. The number of hydrogen-bond donors (Lipinski definition) is 2. The molecule has 5 fully saturated rings. The SMILES string of the molecule is Cl.O[C@H]1CN[C@@H](c2nc(C34CC5CC(CC(C5)C3)C4)no2)C1. The summed E-state index contributed by atoms with van der Waals surface area (Å²) in [5, 5.41) is 17.3. The Labute approximate surface area is 136 Å². The van der Waals surface area contributed by atoms with Gasteiger partial charge < -0.3 is 14.9 Å².